The van der Waals surface area contributed by atoms with Crippen molar-refractivity contribution in [1.82, 2.24) is 20.9 Å². The fourth-order valence-electron chi connectivity index (χ4n) is 5.83. The van der Waals surface area contributed by atoms with Gasteiger partial charge in [-0.25, -0.2) is 0 Å². The molecule has 0 aromatic heterocycles. The SMILES string of the molecule is COC1CCC(C2CNC(NC3CCC(CN4CCOCC4)CC3)NC2)CC1. The van der Waals surface area contributed by atoms with Crippen LogP contribution >= 0.6 is 0 Å². The van der Waals surface area contributed by atoms with Crippen LogP contribution in [0.3, 0.4) is 0 Å². The van der Waals surface area contributed by atoms with Crippen molar-refractivity contribution in [2.24, 2.45) is 17.8 Å². The van der Waals surface area contributed by atoms with Gasteiger partial charge in [-0.3, -0.25) is 20.9 Å². The van der Waals surface area contributed by atoms with Crippen LogP contribution in [0.5, 0.6) is 0 Å². The van der Waals surface area contributed by atoms with Gasteiger partial charge in [0, 0.05) is 45.9 Å². The molecule has 0 amide bonds. The van der Waals surface area contributed by atoms with E-state index in [-0.39, 0.29) is 0 Å². The second-order valence-corrected chi connectivity index (χ2v) is 9.58. The molecule has 3 N–H and O–H groups in total. The predicted molar refractivity (Wildman–Crippen MR) is 112 cm³/mol. The highest BCUT2D eigenvalue weighted by Gasteiger charge is 2.32. The number of ether oxygens (including phenoxy) is 2. The molecular weight excluding hydrogens is 352 g/mol. The largest absolute Gasteiger partial charge is 0.381 e. The van der Waals surface area contributed by atoms with Gasteiger partial charge in [-0.05, 0) is 69.1 Å². The molecule has 0 bridgehead atoms. The van der Waals surface area contributed by atoms with Gasteiger partial charge in [0.2, 0.25) is 0 Å². The Labute approximate surface area is 171 Å². The topological polar surface area (TPSA) is 57.8 Å². The highest BCUT2D eigenvalue weighted by molar-refractivity contribution is 4.87. The quantitative estimate of drug-likeness (QED) is 0.638. The zero-order valence-electron chi connectivity index (χ0n) is 17.8. The van der Waals surface area contributed by atoms with Gasteiger partial charge in [-0.1, -0.05) is 0 Å². The van der Waals surface area contributed by atoms with Crippen LogP contribution in [0, 0.1) is 17.8 Å². The van der Waals surface area contributed by atoms with Crippen LogP contribution in [0.25, 0.3) is 0 Å². The molecule has 0 unspecified atom stereocenters. The molecule has 2 heterocycles. The summed E-state index contributed by atoms with van der Waals surface area (Å²) >= 11 is 0. The predicted octanol–water partition coefficient (Wildman–Crippen LogP) is 1.76. The Hall–Kier alpha value is -0.240. The first kappa shape index (κ1) is 21.0. The van der Waals surface area contributed by atoms with E-state index in [4.69, 9.17) is 9.47 Å². The Morgan fingerprint density at radius 3 is 2.21 bits per heavy atom. The van der Waals surface area contributed by atoms with Crippen molar-refractivity contribution in [2.45, 2.75) is 69.8 Å². The summed E-state index contributed by atoms with van der Waals surface area (Å²) < 4.78 is 11.0. The van der Waals surface area contributed by atoms with E-state index in [1.54, 1.807) is 0 Å². The van der Waals surface area contributed by atoms with Gasteiger partial charge in [0.15, 0.2) is 0 Å². The first-order chi connectivity index (χ1) is 13.8. The minimum absolute atomic E-state index is 0.298. The molecule has 0 aromatic rings. The van der Waals surface area contributed by atoms with Gasteiger partial charge in [-0.2, -0.15) is 0 Å². The Kier molecular flexibility index (Phi) is 8.02. The normalized spacial score (nSPS) is 41.0. The standard InChI is InChI=1S/C22H42N4O2/c1-27-21-8-4-18(5-9-21)19-14-23-22(24-15-19)25-20-6-2-17(3-7-20)16-26-10-12-28-13-11-26/h17-25H,2-16H2,1H3. The Morgan fingerprint density at radius 1 is 0.893 bits per heavy atom. The summed E-state index contributed by atoms with van der Waals surface area (Å²) in [5.41, 5.74) is 0. The van der Waals surface area contributed by atoms with Crippen LogP contribution in [0.15, 0.2) is 0 Å². The molecule has 4 aliphatic rings. The molecular formula is C22H42N4O2. The van der Waals surface area contributed by atoms with E-state index in [0.717, 1.165) is 57.1 Å². The summed E-state index contributed by atoms with van der Waals surface area (Å²) in [5.74, 6) is 2.53. The number of morpholine rings is 1. The third kappa shape index (κ3) is 5.89. The molecule has 4 rings (SSSR count). The zero-order chi connectivity index (χ0) is 19.2. The molecule has 2 saturated heterocycles. The molecule has 28 heavy (non-hydrogen) atoms. The van der Waals surface area contributed by atoms with Crippen LogP contribution in [-0.4, -0.2) is 76.4 Å². The summed E-state index contributed by atoms with van der Waals surface area (Å²) in [7, 11) is 1.86. The Balaban J connectivity index is 1.10. The van der Waals surface area contributed by atoms with Crippen LogP contribution in [-0.2, 0) is 9.47 Å². The van der Waals surface area contributed by atoms with E-state index in [1.165, 1.54) is 57.9 Å². The Bertz CT molecular complexity index is 436. The van der Waals surface area contributed by atoms with Gasteiger partial charge >= 0.3 is 0 Å². The first-order valence-corrected chi connectivity index (χ1v) is 11.9. The van der Waals surface area contributed by atoms with E-state index < -0.39 is 0 Å². The number of hydrogen-bond acceptors (Lipinski definition) is 6. The van der Waals surface area contributed by atoms with Crippen molar-refractivity contribution < 1.29 is 9.47 Å². The minimum Gasteiger partial charge on any atom is -0.381 e. The van der Waals surface area contributed by atoms with Crippen molar-refractivity contribution in [3.63, 3.8) is 0 Å². The summed E-state index contributed by atoms with van der Waals surface area (Å²) in [6.45, 7) is 7.68. The number of rotatable bonds is 6. The average molecular weight is 395 g/mol. The van der Waals surface area contributed by atoms with Crippen molar-refractivity contribution in [1.29, 1.82) is 0 Å². The lowest BCUT2D eigenvalue weighted by Crippen LogP contribution is -2.63. The molecule has 6 nitrogen and oxygen atoms in total. The van der Waals surface area contributed by atoms with Gasteiger partial charge < -0.3 is 9.47 Å². The maximum absolute atomic E-state index is 5.53. The molecule has 4 fully saturated rings. The maximum atomic E-state index is 5.53. The van der Waals surface area contributed by atoms with E-state index in [0.29, 0.717) is 18.4 Å². The summed E-state index contributed by atoms with van der Waals surface area (Å²) in [4.78, 5) is 2.60. The molecule has 0 atom stereocenters. The average Bonchev–Trinajstić information content (AvgIpc) is 2.76. The van der Waals surface area contributed by atoms with Gasteiger partial charge in [0.25, 0.3) is 0 Å². The first-order valence-electron chi connectivity index (χ1n) is 11.9. The third-order valence-electron chi connectivity index (χ3n) is 7.76. The lowest BCUT2D eigenvalue weighted by molar-refractivity contribution is 0.0264. The fourth-order valence-corrected chi connectivity index (χ4v) is 5.83. The third-order valence-corrected chi connectivity index (χ3v) is 7.76. The second kappa shape index (κ2) is 10.7. The number of nitrogens with zero attached hydrogens (tertiary/aromatic N) is 1. The van der Waals surface area contributed by atoms with Crippen molar-refractivity contribution in [3.05, 3.63) is 0 Å². The second-order valence-electron chi connectivity index (χ2n) is 9.58. The monoisotopic (exact) mass is 394 g/mol. The van der Waals surface area contributed by atoms with Crippen LogP contribution < -0.4 is 16.0 Å². The fraction of sp³-hybridized carbons (Fsp3) is 1.00. The number of methoxy groups -OCH3 is 1. The lowest BCUT2D eigenvalue weighted by Gasteiger charge is -2.41. The number of nitrogens with one attached hydrogen (secondary N) is 3. The smallest absolute Gasteiger partial charge is 0.112 e. The number of hydrogen-bond donors (Lipinski definition) is 3. The molecule has 0 aromatic carbocycles. The molecule has 6 heteroatoms. The molecule has 0 radical (unpaired) electrons. The van der Waals surface area contributed by atoms with E-state index in [2.05, 4.69) is 20.9 Å². The van der Waals surface area contributed by atoms with Gasteiger partial charge in [-0.15, -0.1) is 0 Å². The minimum atomic E-state index is 0.298. The van der Waals surface area contributed by atoms with E-state index in [9.17, 15) is 0 Å². The summed E-state index contributed by atoms with van der Waals surface area (Å²) in [5, 5.41) is 11.3. The van der Waals surface area contributed by atoms with Gasteiger partial charge in [0.05, 0.1) is 19.3 Å². The van der Waals surface area contributed by atoms with Crippen molar-refractivity contribution in [3.8, 4) is 0 Å². The molecule has 2 saturated carbocycles. The molecule has 2 aliphatic heterocycles. The van der Waals surface area contributed by atoms with E-state index in [1.807, 2.05) is 7.11 Å². The highest BCUT2D eigenvalue weighted by atomic mass is 16.5. The molecule has 0 spiro atoms. The molecule has 2 aliphatic carbocycles. The summed E-state index contributed by atoms with van der Waals surface area (Å²) in [6, 6.07) is 0.666. The van der Waals surface area contributed by atoms with Crippen LogP contribution in [0.1, 0.15) is 51.4 Å². The van der Waals surface area contributed by atoms with E-state index >= 15 is 0 Å². The highest BCUT2D eigenvalue weighted by Crippen LogP contribution is 2.32. The Morgan fingerprint density at radius 2 is 1.57 bits per heavy atom. The van der Waals surface area contributed by atoms with Gasteiger partial charge in [0.1, 0.15) is 6.29 Å². The zero-order valence-corrected chi connectivity index (χ0v) is 17.8. The lowest BCUT2D eigenvalue weighted by atomic mass is 9.78. The summed E-state index contributed by atoms with van der Waals surface area (Å²) in [6.07, 6.45) is 11.3. The molecule has 162 valence electrons. The van der Waals surface area contributed by atoms with Crippen molar-refractivity contribution >= 4 is 0 Å². The van der Waals surface area contributed by atoms with Crippen LogP contribution in [0.2, 0.25) is 0 Å². The maximum Gasteiger partial charge on any atom is 0.112 e. The van der Waals surface area contributed by atoms with Crippen molar-refractivity contribution in [2.75, 3.05) is 53.0 Å². The van der Waals surface area contributed by atoms with Crippen LogP contribution in [0.4, 0.5) is 0 Å².